The van der Waals surface area contributed by atoms with Crippen molar-refractivity contribution < 1.29 is 13.0 Å². The second-order valence-electron chi connectivity index (χ2n) is 10.7. The summed E-state index contributed by atoms with van der Waals surface area (Å²) in [6, 6.07) is 8.11. The molecule has 0 N–H and O–H groups in total. The zero-order valence-corrected chi connectivity index (χ0v) is 24.7. The molecule has 1 aliphatic rings. The lowest BCUT2D eigenvalue weighted by Crippen LogP contribution is -2.35. The van der Waals surface area contributed by atoms with Crippen molar-refractivity contribution in [1.82, 2.24) is 9.97 Å². The van der Waals surface area contributed by atoms with Gasteiger partial charge in [0.05, 0.1) is 0 Å². The molecule has 0 saturated heterocycles. The van der Waals surface area contributed by atoms with Crippen LogP contribution in [0.4, 0.5) is 13.0 Å². The van der Waals surface area contributed by atoms with Gasteiger partial charge in [0.15, 0.2) is 22.3 Å². The van der Waals surface area contributed by atoms with Crippen molar-refractivity contribution in [3.63, 3.8) is 0 Å². The van der Waals surface area contributed by atoms with Gasteiger partial charge in [-0.3, -0.25) is 0 Å². The van der Waals surface area contributed by atoms with Gasteiger partial charge in [0, 0.05) is 16.3 Å². The zero-order valence-electron chi connectivity index (χ0n) is 22.1. The number of rotatable bonds is 3. The first-order valence-corrected chi connectivity index (χ1v) is 15.2. The second-order valence-corrected chi connectivity index (χ2v) is 17.2. The summed E-state index contributed by atoms with van der Waals surface area (Å²) in [5.41, 5.74) is 7.56. The maximum absolute atomic E-state index is 18.1. The molecule has 2 atom stereocenters. The highest BCUT2D eigenvalue weighted by Crippen LogP contribution is 2.78. The highest BCUT2D eigenvalue weighted by Gasteiger charge is 2.62. The van der Waals surface area contributed by atoms with Crippen LogP contribution in [0.5, 0.6) is 0 Å². The van der Waals surface area contributed by atoms with Gasteiger partial charge >= 0.3 is 6.08 Å². The van der Waals surface area contributed by atoms with Crippen molar-refractivity contribution >= 4 is 41.8 Å². The van der Waals surface area contributed by atoms with Crippen LogP contribution < -0.4 is 5.44 Å². The Labute approximate surface area is 217 Å². The van der Waals surface area contributed by atoms with E-state index in [4.69, 9.17) is 11.6 Å². The van der Waals surface area contributed by atoms with Crippen LogP contribution in [0.25, 0.3) is 0 Å². The minimum Gasteiger partial charge on any atom is -0.216 e. The van der Waals surface area contributed by atoms with Crippen LogP contribution in [0.2, 0.25) is 5.02 Å². The molecule has 4 rings (SSSR count). The number of hydrogen-bond donors (Lipinski definition) is 0. The number of aryl methyl sites for hydroxylation is 6. The first-order valence-electron chi connectivity index (χ1n) is 11.8. The molecule has 0 saturated carbocycles. The van der Waals surface area contributed by atoms with Crippen molar-refractivity contribution in [3.8, 4) is 0 Å². The van der Waals surface area contributed by atoms with Gasteiger partial charge in [-0.25, -0.2) is 4.20 Å². The van der Waals surface area contributed by atoms with Crippen LogP contribution in [0.3, 0.4) is 0 Å². The molecule has 8 heteroatoms. The van der Waals surface area contributed by atoms with E-state index in [9.17, 15) is 8.78 Å². The maximum Gasteiger partial charge on any atom is 0.315 e. The van der Waals surface area contributed by atoms with Crippen LogP contribution >= 0.6 is 26.3 Å². The third-order valence-electron chi connectivity index (χ3n) is 6.71. The van der Waals surface area contributed by atoms with E-state index in [1.54, 1.807) is 0 Å². The Kier molecular flexibility index (Phi) is 6.87. The summed E-state index contributed by atoms with van der Waals surface area (Å²) in [5.74, 6) is -1.12. The van der Waals surface area contributed by atoms with E-state index in [1.807, 2.05) is 86.6 Å². The summed E-state index contributed by atoms with van der Waals surface area (Å²) >= 11 is 6.41. The van der Waals surface area contributed by atoms with Crippen LogP contribution in [-0.4, -0.2) is 25.2 Å². The molecule has 36 heavy (non-hydrogen) atoms. The molecule has 2 unspecified atom stereocenters. The summed E-state index contributed by atoms with van der Waals surface area (Å²) in [6.07, 6.45) is -1.20. The van der Waals surface area contributed by atoms with Crippen molar-refractivity contribution in [1.29, 1.82) is 0 Å². The molecule has 3 aromatic rings. The summed E-state index contributed by atoms with van der Waals surface area (Å²) in [6.45, 7) is 17.6. The van der Waals surface area contributed by atoms with Crippen molar-refractivity contribution in [2.75, 3.05) is 0 Å². The molecular weight excluding hydrogens is 519 g/mol. The SMILES string of the molecule is Cc1cc(C)c(C2=[P+](c3nc(F)nc(F)c3Cl)C(c3c(C)cc(C)cc3C)=P2(F)C(C)(C)C)c(C)c1. The molecule has 0 amide bonds. The minimum absolute atomic E-state index is 0.0398. The number of hydrogen-bond acceptors (Lipinski definition) is 2. The zero-order chi connectivity index (χ0) is 26.9. The van der Waals surface area contributed by atoms with Crippen molar-refractivity contribution in [2.24, 2.45) is 0 Å². The fourth-order valence-electron chi connectivity index (χ4n) is 5.40. The fraction of sp³-hybridized carbons (Fsp3) is 0.357. The van der Waals surface area contributed by atoms with E-state index in [0.29, 0.717) is 10.1 Å². The van der Waals surface area contributed by atoms with Gasteiger partial charge in [-0.1, -0.05) is 67.8 Å². The largest absolute Gasteiger partial charge is 0.315 e. The summed E-state index contributed by atoms with van der Waals surface area (Å²) in [4.78, 5) is 7.18. The molecule has 2 heterocycles. The van der Waals surface area contributed by atoms with E-state index in [0.717, 1.165) is 44.5 Å². The Hall–Kier alpha value is -1.93. The second kappa shape index (κ2) is 9.12. The van der Waals surface area contributed by atoms with Gasteiger partial charge in [-0.15, -0.1) is 0 Å². The molecule has 1 aromatic heterocycles. The van der Waals surface area contributed by atoms with Gasteiger partial charge < -0.3 is 0 Å². The smallest absolute Gasteiger partial charge is 0.216 e. The molecule has 0 aliphatic carbocycles. The first-order chi connectivity index (χ1) is 16.6. The van der Waals surface area contributed by atoms with Gasteiger partial charge in [-0.05, 0) is 63.8 Å². The van der Waals surface area contributed by atoms with Gasteiger partial charge in [0.25, 0.3) is 5.44 Å². The molecule has 2 aromatic carbocycles. The van der Waals surface area contributed by atoms with Gasteiger partial charge in [0.2, 0.25) is 13.5 Å². The van der Waals surface area contributed by atoms with E-state index in [2.05, 4.69) is 9.97 Å². The normalized spacial score (nSPS) is 19.1. The average molecular weight is 550 g/mol. The number of nitrogens with zero attached hydrogens (tertiary/aromatic N) is 2. The molecule has 0 bridgehead atoms. The highest BCUT2D eigenvalue weighted by molar-refractivity contribution is 8.21. The molecule has 1 aliphatic heterocycles. The Balaban J connectivity index is 2.26. The quantitative estimate of drug-likeness (QED) is 0.186. The molecule has 0 fully saturated rings. The highest BCUT2D eigenvalue weighted by atomic mass is 35.5. The van der Waals surface area contributed by atoms with Crippen LogP contribution in [0, 0.1) is 53.6 Å². The standard InChI is InChI=1S/C28H31ClF3N2P2/c1-14-10-16(3)20(17(4)11-14)25-35(24-22(29)23(30)33-27(31)34-24)26(36(25,32)28(7,8)9)21-18(5)12-15(2)13-19(21)6/h10-13H,1-9H3/q+1. The lowest BCUT2D eigenvalue weighted by molar-refractivity contribution is 0.487. The number of halogens is 4. The van der Waals surface area contributed by atoms with E-state index >= 15 is 4.20 Å². The molecular formula is C28H31ClF3N2P2+. The fourth-order valence-corrected chi connectivity index (χ4v) is 15.8. The lowest BCUT2D eigenvalue weighted by Gasteiger charge is -2.38. The van der Waals surface area contributed by atoms with E-state index in [-0.39, 0.29) is 10.5 Å². The summed E-state index contributed by atoms with van der Waals surface area (Å²) in [5, 5.41) is 0.116. The number of benzene rings is 2. The number of aromatic nitrogens is 2. The van der Waals surface area contributed by atoms with E-state index in [1.165, 1.54) is 0 Å². The minimum atomic E-state index is -3.50. The van der Waals surface area contributed by atoms with Crippen LogP contribution in [0.1, 0.15) is 65.3 Å². The summed E-state index contributed by atoms with van der Waals surface area (Å²) < 4.78 is 47.2. The van der Waals surface area contributed by atoms with Crippen LogP contribution in [-0.2, 0) is 0 Å². The predicted molar refractivity (Wildman–Crippen MR) is 151 cm³/mol. The predicted octanol–water partition coefficient (Wildman–Crippen LogP) is 8.44. The molecule has 0 spiro atoms. The Morgan fingerprint density at radius 3 is 1.67 bits per heavy atom. The van der Waals surface area contributed by atoms with E-state index < -0.39 is 31.9 Å². The molecule has 0 radical (unpaired) electrons. The molecule has 2 nitrogen and oxygen atoms in total. The third kappa shape index (κ3) is 4.08. The summed E-state index contributed by atoms with van der Waals surface area (Å²) in [7, 11) is -5.22. The van der Waals surface area contributed by atoms with Gasteiger partial charge in [0.1, 0.15) is 0 Å². The Morgan fingerprint density at radius 1 is 0.778 bits per heavy atom. The average Bonchev–Trinajstić information content (AvgIpc) is 2.72. The van der Waals surface area contributed by atoms with Crippen molar-refractivity contribution in [2.45, 2.75) is 67.5 Å². The third-order valence-corrected chi connectivity index (χ3v) is 15.5. The Bertz CT molecular complexity index is 1490. The van der Waals surface area contributed by atoms with Gasteiger partial charge in [-0.2, -0.15) is 18.7 Å². The van der Waals surface area contributed by atoms with Crippen LogP contribution in [0.15, 0.2) is 24.3 Å². The Morgan fingerprint density at radius 2 is 1.22 bits per heavy atom. The topological polar surface area (TPSA) is 25.8 Å². The maximum atomic E-state index is 18.1. The monoisotopic (exact) mass is 549 g/mol. The first kappa shape index (κ1) is 27.1. The lowest BCUT2D eigenvalue weighted by atomic mass is 10.0. The molecule has 190 valence electrons. The van der Waals surface area contributed by atoms with Crippen molar-refractivity contribution in [3.05, 3.63) is 85.8 Å².